The minimum absolute atomic E-state index is 0.622. The van der Waals surface area contributed by atoms with Crippen molar-refractivity contribution in [3.63, 3.8) is 0 Å². The van der Waals surface area contributed by atoms with Gasteiger partial charge in [0.05, 0.1) is 0 Å². The topological polar surface area (TPSA) is 78.5 Å². The SMILES string of the molecule is CCCN(CC)C(C)S(=O)(=O)NC(=O)Nc1c2c(cc3c1CCC3)CCC2. The van der Waals surface area contributed by atoms with E-state index in [0.717, 1.165) is 50.6 Å². The molecule has 2 aliphatic rings. The van der Waals surface area contributed by atoms with Crippen molar-refractivity contribution >= 4 is 21.7 Å². The number of carbonyl (C=O) groups excluding carboxylic acids is 1. The van der Waals surface area contributed by atoms with Crippen molar-refractivity contribution < 1.29 is 13.2 Å². The fourth-order valence-electron chi connectivity index (χ4n) is 4.40. The van der Waals surface area contributed by atoms with Gasteiger partial charge in [0.15, 0.2) is 0 Å². The Balaban J connectivity index is 1.77. The van der Waals surface area contributed by atoms with E-state index in [1.165, 1.54) is 22.3 Å². The number of anilines is 1. The van der Waals surface area contributed by atoms with E-state index in [-0.39, 0.29) is 0 Å². The van der Waals surface area contributed by atoms with Crippen LogP contribution in [0.3, 0.4) is 0 Å². The Labute approximate surface area is 162 Å². The predicted molar refractivity (Wildman–Crippen MR) is 109 cm³/mol. The zero-order chi connectivity index (χ0) is 19.6. The van der Waals surface area contributed by atoms with E-state index >= 15 is 0 Å². The van der Waals surface area contributed by atoms with Gasteiger partial charge in [-0.3, -0.25) is 4.90 Å². The van der Waals surface area contributed by atoms with Crippen LogP contribution in [-0.2, 0) is 35.7 Å². The third-order valence-corrected chi connectivity index (χ3v) is 7.49. The molecule has 0 saturated carbocycles. The van der Waals surface area contributed by atoms with Crippen LogP contribution in [0.1, 0.15) is 62.3 Å². The second-order valence-electron chi connectivity index (χ2n) is 7.56. The first-order valence-electron chi connectivity index (χ1n) is 10.1. The Morgan fingerprint density at radius 1 is 1.11 bits per heavy atom. The number of aryl methyl sites for hydroxylation is 2. The van der Waals surface area contributed by atoms with Crippen molar-refractivity contribution in [3.05, 3.63) is 28.3 Å². The van der Waals surface area contributed by atoms with E-state index in [0.29, 0.717) is 13.1 Å². The summed E-state index contributed by atoms with van der Waals surface area (Å²) in [7, 11) is -3.78. The van der Waals surface area contributed by atoms with Crippen molar-refractivity contribution in [1.82, 2.24) is 9.62 Å². The lowest BCUT2D eigenvalue weighted by atomic mass is 9.99. The van der Waals surface area contributed by atoms with Crippen LogP contribution in [0, 0.1) is 0 Å². The molecular weight excluding hydrogens is 362 g/mol. The van der Waals surface area contributed by atoms with Gasteiger partial charge in [-0.05, 0) is 87.2 Å². The molecule has 1 atom stereocenters. The first-order chi connectivity index (χ1) is 12.9. The highest BCUT2D eigenvalue weighted by molar-refractivity contribution is 7.90. The molecule has 2 aliphatic carbocycles. The summed E-state index contributed by atoms with van der Waals surface area (Å²) in [6.07, 6.45) is 7.01. The number of rotatable bonds is 7. The summed E-state index contributed by atoms with van der Waals surface area (Å²) in [4.78, 5) is 14.4. The second kappa shape index (κ2) is 8.19. The Morgan fingerprint density at radius 2 is 1.70 bits per heavy atom. The van der Waals surface area contributed by atoms with Gasteiger partial charge < -0.3 is 5.32 Å². The van der Waals surface area contributed by atoms with Crippen molar-refractivity contribution in [2.24, 2.45) is 0 Å². The molecule has 0 spiro atoms. The predicted octanol–water partition coefficient (Wildman–Crippen LogP) is 3.19. The molecule has 0 saturated heterocycles. The molecule has 1 aromatic carbocycles. The molecule has 7 heteroatoms. The number of nitrogens with one attached hydrogen (secondary N) is 2. The molecule has 0 fully saturated rings. The zero-order valence-corrected chi connectivity index (χ0v) is 17.4. The number of sulfonamides is 1. The van der Waals surface area contributed by atoms with Gasteiger partial charge in [-0.1, -0.05) is 19.9 Å². The number of carbonyl (C=O) groups is 1. The fourth-order valence-corrected chi connectivity index (χ4v) is 5.53. The van der Waals surface area contributed by atoms with Crippen molar-refractivity contribution in [2.45, 2.75) is 71.1 Å². The Kier molecular flexibility index (Phi) is 6.11. The van der Waals surface area contributed by atoms with Gasteiger partial charge in [-0.15, -0.1) is 0 Å². The summed E-state index contributed by atoms with van der Waals surface area (Å²) >= 11 is 0. The van der Waals surface area contributed by atoms with Gasteiger partial charge in [-0.25, -0.2) is 17.9 Å². The van der Waals surface area contributed by atoms with E-state index in [4.69, 9.17) is 0 Å². The van der Waals surface area contributed by atoms with Gasteiger partial charge in [0.25, 0.3) is 10.0 Å². The minimum atomic E-state index is -3.78. The summed E-state index contributed by atoms with van der Waals surface area (Å²) in [5.41, 5.74) is 5.86. The van der Waals surface area contributed by atoms with Crippen LogP contribution >= 0.6 is 0 Å². The molecule has 0 aromatic heterocycles. The molecule has 0 bridgehead atoms. The molecule has 6 nitrogen and oxygen atoms in total. The lowest BCUT2D eigenvalue weighted by molar-refractivity contribution is 0.253. The summed E-state index contributed by atoms with van der Waals surface area (Å²) in [6.45, 7) is 6.88. The van der Waals surface area contributed by atoms with Crippen LogP contribution in [-0.4, -0.2) is 37.8 Å². The maximum atomic E-state index is 12.7. The molecule has 0 heterocycles. The molecule has 0 radical (unpaired) electrons. The van der Waals surface area contributed by atoms with Gasteiger partial charge in [0, 0.05) is 5.69 Å². The minimum Gasteiger partial charge on any atom is -0.307 e. The molecule has 1 aromatic rings. The van der Waals surface area contributed by atoms with Gasteiger partial charge in [0.2, 0.25) is 0 Å². The van der Waals surface area contributed by atoms with Gasteiger partial charge in [0.1, 0.15) is 5.37 Å². The van der Waals surface area contributed by atoms with Crippen LogP contribution in [0.2, 0.25) is 0 Å². The maximum Gasteiger partial charge on any atom is 0.332 e. The molecule has 0 aliphatic heterocycles. The lowest BCUT2D eigenvalue weighted by Gasteiger charge is -2.27. The fraction of sp³-hybridized carbons (Fsp3) is 0.650. The highest BCUT2D eigenvalue weighted by Crippen LogP contribution is 2.38. The van der Waals surface area contributed by atoms with E-state index in [2.05, 4.69) is 16.1 Å². The highest BCUT2D eigenvalue weighted by Gasteiger charge is 2.29. The van der Waals surface area contributed by atoms with Crippen molar-refractivity contribution in [2.75, 3.05) is 18.4 Å². The van der Waals surface area contributed by atoms with E-state index < -0.39 is 21.4 Å². The third kappa shape index (κ3) is 4.14. The summed E-state index contributed by atoms with van der Waals surface area (Å²) < 4.78 is 27.6. The second-order valence-corrected chi connectivity index (χ2v) is 9.54. The van der Waals surface area contributed by atoms with E-state index in [9.17, 15) is 13.2 Å². The smallest absolute Gasteiger partial charge is 0.307 e. The average Bonchev–Trinajstić information content (AvgIpc) is 3.27. The average molecular weight is 394 g/mol. The molecule has 150 valence electrons. The van der Waals surface area contributed by atoms with Crippen LogP contribution in [0.15, 0.2) is 6.07 Å². The summed E-state index contributed by atoms with van der Waals surface area (Å²) in [5.74, 6) is 0. The Bertz CT molecular complexity index is 788. The number of fused-ring (bicyclic) bond motifs is 2. The number of nitrogens with zero attached hydrogens (tertiary/aromatic N) is 1. The van der Waals surface area contributed by atoms with Crippen LogP contribution in [0.25, 0.3) is 0 Å². The molecule has 27 heavy (non-hydrogen) atoms. The van der Waals surface area contributed by atoms with Gasteiger partial charge >= 0.3 is 6.03 Å². The molecule has 3 rings (SSSR count). The number of urea groups is 1. The third-order valence-electron chi connectivity index (χ3n) is 5.83. The van der Waals surface area contributed by atoms with E-state index in [1.54, 1.807) is 6.92 Å². The van der Waals surface area contributed by atoms with Crippen molar-refractivity contribution in [1.29, 1.82) is 0 Å². The number of hydrogen-bond donors (Lipinski definition) is 2. The molecular formula is C20H31N3O3S. The van der Waals surface area contributed by atoms with Crippen molar-refractivity contribution in [3.8, 4) is 0 Å². The highest BCUT2D eigenvalue weighted by atomic mass is 32.2. The van der Waals surface area contributed by atoms with Crippen LogP contribution < -0.4 is 10.0 Å². The first kappa shape index (κ1) is 20.1. The number of amides is 2. The number of benzene rings is 1. The zero-order valence-electron chi connectivity index (χ0n) is 16.6. The Hall–Kier alpha value is -1.60. The summed E-state index contributed by atoms with van der Waals surface area (Å²) in [5, 5.41) is 2.15. The summed E-state index contributed by atoms with van der Waals surface area (Å²) in [6, 6.07) is 1.64. The molecule has 2 amide bonds. The lowest BCUT2D eigenvalue weighted by Crippen LogP contribution is -2.47. The molecule has 2 N–H and O–H groups in total. The van der Waals surface area contributed by atoms with Crippen LogP contribution in [0.4, 0.5) is 10.5 Å². The first-order valence-corrected chi connectivity index (χ1v) is 11.6. The normalized spacial score (nSPS) is 16.9. The molecule has 1 unspecified atom stereocenters. The largest absolute Gasteiger partial charge is 0.332 e. The monoisotopic (exact) mass is 393 g/mol. The maximum absolute atomic E-state index is 12.7. The van der Waals surface area contributed by atoms with Crippen LogP contribution in [0.5, 0.6) is 0 Å². The van der Waals surface area contributed by atoms with E-state index in [1.807, 2.05) is 18.7 Å². The standard InChI is InChI=1S/C20H31N3O3S/c1-4-12-23(5-2)14(3)27(25,26)22-20(24)21-19-17-10-6-8-15(17)13-16-9-7-11-18(16)19/h13-14H,4-12H2,1-3H3,(H2,21,22,24). The van der Waals surface area contributed by atoms with Gasteiger partial charge in [-0.2, -0.15) is 0 Å². The quantitative estimate of drug-likeness (QED) is 0.746. The number of hydrogen-bond acceptors (Lipinski definition) is 4. The Morgan fingerprint density at radius 3 is 2.22 bits per heavy atom.